The van der Waals surface area contributed by atoms with Crippen LogP contribution < -0.4 is 20.7 Å². The predicted octanol–water partition coefficient (Wildman–Crippen LogP) is 7.89. The summed E-state index contributed by atoms with van der Waals surface area (Å²) in [6.07, 6.45) is -4.50. The molecule has 4 rings (SSSR count). The normalized spacial score (nSPS) is 12.1. The number of benzene rings is 4. The summed E-state index contributed by atoms with van der Waals surface area (Å²) in [6.45, 7) is 8.59. The van der Waals surface area contributed by atoms with E-state index < -0.39 is 30.0 Å². The number of alkyl halides is 3. The van der Waals surface area contributed by atoms with Gasteiger partial charge in [-0.15, -0.1) is 13.2 Å². The SMILES string of the molecule is CCOC(=O)CCNC(=O)c1ccc(N[C@H](Cc2ccc(-c3ccc(C(C)(C)C)cc3)cc2)C(=O)Nc2ccc(OC(F)(F)F)cc2)cc1. The highest BCUT2D eigenvalue weighted by atomic mass is 19.4. The summed E-state index contributed by atoms with van der Waals surface area (Å²) in [7, 11) is 0. The van der Waals surface area contributed by atoms with E-state index in [9.17, 15) is 27.6 Å². The van der Waals surface area contributed by atoms with Crippen molar-refractivity contribution in [3.63, 3.8) is 0 Å². The molecule has 0 fully saturated rings. The molecule has 0 aliphatic heterocycles. The molecule has 2 amide bonds. The minimum atomic E-state index is -4.83. The molecule has 0 saturated heterocycles. The molecule has 8 nitrogen and oxygen atoms in total. The van der Waals surface area contributed by atoms with Gasteiger partial charge in [-0.25, -0.2) is 0 Å². The van der Waals surface area contributed by atoms with Crippen LogP contribution in [0.1, 0.15) is 55.6 Å². The molecule has 3 N–H and O–H groups in total. The van der Waals surface area contributed by atoms with Crippen LogP contribution in [-0.4, -0.2) is 43.3 Å². The van der Waals surface area contributed by atoms with Crippen molar-refractivity contribution in [2.24, 2.45) is 0 Å². The number of halogens is 3. The zero-order valence-corrected chi connectivity index (χ0v) is 27.8. The molecule has 0 radical (unpaired) electrons. The lowest BCUT2D eigenvalue weighted by molar-refractivity contribution is -0.274. The monoisotopic (exact) mass is 675 g/mol. The number of esters is 1. The van der Waals surface area contributed by atoms with Crippen LogP contribution in [0, 0.1) is 0 Å². The molecule has 4 aromatic carbocycles. The molecule has 0 aliphatic carbocycles. The number of anilines is 2. The minimum Gasteiger partial charge on any atom is -0.466 e. The van der Waals surface area contributed by atoms with E-state index in [0.29, 0.717) is 11.3 Å². The Labute approximate surface area is 284 Å². The average molecular weight is 676 g/mol. The summed E-state index contributed by atoms with van der Waals surface area (Å²) in [6, 6.07) is 26.9. The van der Waals surface area contributed by atoms with E-state index in [1.165, 1.54) is 17.7 Å². The minimum absolute atomic E-state index is 0.0436. The average Bonchev–Trinajstić information content (AvgIpc) is 3.05. The van der Waals surface area contributed by atoms with Crippen LogP contribution in [0.3, 0.4) is 0 Å². The second kappa shape index (κ2) is 16.2. The Morgan fingerprint density at radius 3 is 1.88 bits per heavy atom. The Hall–Kier alpha value is -5.32. The third-order valence-electron chi connectivity index (χ3n) is 7.56. The Morgan fingerprint density at radius 2 is 1.33 bits per heavy atom. The first-order valence-corrected chi connectivity index (χ1v) is 15.9. The van der Waals surface area contributed by atoms with Gasteiger partial charge >= 0.3 is 12.3 Å². The lowest BCUT2D eigenvalue weighted by atomic mass is 9.86. The maximum atomic E-state index is 13.5. The van der Waals surface area contributed by atoms with Gasteiger partial charge in [0.25, 0.3) is 5.91 Å². The third kappa shape index (κ3) is 11.4. The van der Waals surface area contributed by atoms with Crippen molar-refractivity contribution in [2.45, 2.75) is 58.4 Å². The van der Waals surface area contributed by atoms with Gasteiger partial charge in [0.2, 0.25) is 5.91 Å². The van der Waals surface area contributed by atoms with Gasteiger partial charge in [-0.1, -0.05) is 69.3 Å². The van der Waals surface area contributed by atoms with Crippen LogP contribution in [0.15, 0.2) is 97.1 Å². The number of nitrogens with one attached hydrogen (secondary N) is 3. The Kier molecular flexibility index (Phi) is 12.1. The summed E-state index contributed by atoms with van der Waals surface area (Å²) < 4.78 is 46.6. The third-order valence-corrected chi connectivity index (χ3v) is 7.56. The molecule has 0 heterocycles. The highest BCUT2D eigenvalue weighted by Gasteiger charge is 2.31. The zero-order valence-electron chi connectivity index (χ0n) is 27.8. The second-order valence-corrected chi connectivity index (χ2v) is 12.4. The van der Waals surface area contributed by atoms with Crippen LogP contribution in [0.25, 0.3) is 11.1 Å². The summed E-state index contributed by atoms with van der Waals surface area (Å²) in [5.74, 6) is -1.59. The number of carbonyl (C=O) groups is 3. The molecule has 258 valence electrons. The quantitative estimate of drug-likeness (QED) is 0.125. The Balaban J connectivity index is 1.48. The molecule has 11 heteroatoms. The smallest absolute Gasteiger partial charge is 0.466 e. The van der Waals surface area contributed by atoms with Crippen molar-refractivity contribution in [2.75, 3.05) is 23.8 Å². The van der Waals surface area contributed by atoms with E-state index in [-0.39, 0.29) is 43.0 Å². The molecular weight excluding hydrogens is 635 g/mol. The molecule has 0 aromatic heterocycles. The molecule has 1 atom stereocenters. The lowest BCUT2D eigenvalue weighted by Gasteiger charge is -2.21. The second-order valence-electron chi connectivity index (χ2n) is 12.4. The van der Waals surface area contributed by atoms with Crippen LogP contribution in [-0.2, 0) is 26.2 Å². The van der Waals surface area contributed by atoms with Crippen molar-refractivity contribution < 1.29 is 37.0 Å². The van der Waals surface area contributed by atoms with Gasteiger partial charge in [0.1, 0.15) is 11.8 Å². The van der Waals surface area contributed by atoms with Gasteiger partial charge < -0.3 is 25.4 Å². The molecule has 0 bridgehead atoms. The Morgan fingerprint density at radius 1 is 0.755 bits per heavy atom. The largest absolute Gasteiger partial charge is 0.573 e. The first kappa shape index (κ1) is 36.5. The number of hydrogen-bond acceptors (Lipinski definition) is 6. The van der Waals surface area contributed by atoms with Crippen molar-refractivity contribution in [3.05, 3.63) is 114 Å². The maximum Gasteiger partial charge on any atom is 0.573 e. The number of amides is 2. The van der Waals surface area contributed by atoms with Crippen molar-refractivity contribution in [1.29, 1.82) is 0 Å². The standard InChI is InChI=1S/C38H40F3N3O5/c1-5-48-34(45)22-23-42-35(46)28-12-16-30(17-13-28)43-33(36(47)44-31-18-20-32(21-19-31)49-38(39,40)41)24-25-6-8-26(9-7-25)27-10-14-29(15-11-27)37(2,3)4/h6-21,33,43H,5,22-24H2,1-4H3,(H,42,46)(H,44,47)/t33-/m1/s1. The van der Waals surface area contributed by atoms with Crippen molar-refractivity contribution in [3.8, 4) is 16.9 Å². The number of ether oxygens (including phenoxy) is 2. The lowest BCUT2D eigenvalue weighted by Crippen LogP contribution is -2.36. The van der Waals surface area contributed by atoms with E-state index in [2.05, 4.69) is 65.7 Å². The highest BCUT2D eigenvalue weighted by Crippen LogP contribution is 2.27. The van der Waals surface area contributed by atoms with Crippen molar-refractivity contribution >= 4 is 29.2 Å². The fraction of sp³-hybridized carbons (Fsp3) is 0.289. The van der Waals surface area contributed by atoms with Gasteiger partial charge in [-0.3, -0.25) is 14.4 Å². The maximum absolute atomic E-state index is 13.5. The van der Waals surface area contributed by atoms with Crippen LogP contribution in [0.4, 0.5) is 24.5 Å². The Bertz CT molecular complexity index is 1700. The summed E-state index contributed by atoms with van der Waals surface area (Å²) in [4.78, 5) is 37.6. The topological polar surface area (TPSA) is 106 Å². The molecule has 0 aliphatic rings. The zero-order chi connectivity index (χ0) is 35.6. The van der Waals surface area contributed by atoms with Gasteiger partial charge in [0.05, 0.1) is 13.0 Å². The van der Waals surface area contributed by atoms with Gasteiger partial charge in [-0.2, -0.15) is 0 Å². The number of hydrogen-bond donors (Lipinski definition) is 3. The van der Waals surface area contributed by atoms with Crippen molar-refractivity contribution in [1.82, 2.24) is 5.32 Å². The van der Waals surface area contributed by atoms with Gasteiger partial charge in [0, 0.05) is 29.9 Å². The van der Waals surface area contributed by atoms with E-state index in [0.717, 1.165) is 28.8 Å². The van der Waals surface area contributed by atoms with Crippen LogP contribution in [0.5, 0.6) is 5.75 Å². The van der Waals surface area contributed by atoms with Gasteiger partial charge in [-0.05, 0) is 83.1 Å². The van der Waals surface area contributed by atoms with E-state index >= 15 is 0 Å². The van der Waals surface area contributed by atoms with E-state index in [4.69, 9.17) is 4.74 Å². The molecule has 4 aromatic rings. The highest BCUT2D eigenvalue weighted by molar-refractivity contribution is 5.97. The van der Waals surface area contributed by atoms with E-state index in [1.54, 1.807) is 31.2 Å². The number of rotatable bonds is 13. The summed E-state index contributed by atoms with van der Waals surface area (Å²) >= 11 is 0. The predicted molar refractivity (Wildman–Crippen MR) is 183 cm³/mol. The molecule has 0 saturated carbocycles. The van der Waals surface area contributed by atoms with Gasteiger partial charge in [0.15, 0.2) is 0 Å². The molecular formula is C38H40F3N3O5. The number of carbonyl (C=O) groups excluding carboxylic acids is 3. The summed E-state index contributed by atoms with van der Waals surface area (Å²) in [5, 5.41) is 8.65. The first-order valence-electron chi connectivity index (χ1n) is 15.9. The fourth-order valence-electron chi connectivity index (χ4n) is 4.94. The van der Waals surface area contributed by atoms with Crippen LogP contribution >= 0.6 is 0 Å². The molecule has 0 spiro atoms. The molecule has 49 heavy (non-hydrogen) atoms. The molecule has 0 unspecified atom stereocenters. The van der Waals surface area contributed by atoms with Crippen LogP contribution in [0.2, 0.25) is 0 Å². The summed E-state index contributed by atoms with van der Waals surface area (Å²) in [5.41, 5.74) is 5.45. The fourth-order valence-corrected chi connectivity index (χ4v) is 4.94. The van der Waals surface area contributed by atoms with E-state index in [1.807, 2.05) is 24.3 Å². The first-order chi connectivity index (χ1) is 23.2.